The van der Waals surface area contributed by atoms with Crippen molar-refractivity contribution in [2.24, 2.45) is 0 Å². The number of thioether (sulfide) groups is 1. The van der Waals surface area contributed by atoms with Crippen LogP contribution in [0, 0.1) is 0 Å². The molecule has 0 saturated heterocycles. The van der Waals surface area contributed by atoms with Gasteiger partial charge in [-0.25, -0.2) is 0 Å². The van der Waals surface area contributed by atoms with Crippen LogP contribution in [-0.2, 0) is 11.3 Å². The molecule has 24 heavy (non-hydrogen) atoms. The lowest BCUT2D eigenvalue weighted by Crippen LogP contribution is -2.24. The van der Waals surface area contributed by atoms with E-state index < -0.39 is 0 Å². The monoisotopic (exact) mass is 345 g/mol. The average Bonchev–Trinajstić information content (AvgIpc) is 2.64. The van der Waals surface area contributed by atoms with Crippen LogP contribution in [0.25, 0.3) is 0 Å². The SMILES string of the molecule is COc1ccc(CNC(=O)CS[C@H](C)c2ccccc2)cc1OC. The molecule has 0 aliphatic heterocycles. The molecule has 0 spiro atoms. The largest absolute Gasteiger partial charge is 0.493 e. The van der Waals surface area contributed by atoms with E-state index in [1.807, 2.05) is 36.4 Å². The summed E-state index contributed by atoms with van der Waals surface area (Å²) in [6.07, 6.45) is 0. The van der Waals surface area contributed by atoms with E-state index in [9.17, 15) is 4.79 Å². The Morgan fingerprint density at radius 2 is 1.79 bits per heavy atom. The summed E-state index contributed by atoms with van der Waals surface area (Å²) in [4.78, 5) is 12.0. The van der Waals surface area contributed by atoms with Gasteiger partial charge in [0.25, 0.3) is 0 Å². The Morgan fingerprint density at radius 1 is 1.08 bits per heavy atom. The van der Waals surface area contributed by atoms with Crippen LogP contribution < -0.4 is 14.8 Å². The van der Waals surface area contributed by atoms with Crippen LogP contribution in [0.5, 0.6) is 11.5 Å². The van der Waals surface area contributed by atoms with Gasteiger partial charge in [-0.15, -0.1) is 11.8 Å². The van der Waals surface area contributed by atoms with Gasteiger partial charge in [-0.1, -0.05) is 36.4 Å². The summed E-state index contributed by atoms with van der Waals surface area (Å²) in [5.41, 5.74) is 2.21. The van der Waals surface area contributed by atoms with Crippen molar-refractivity contribution < 1.29 is 14.3 Å². The Hall–Kier alpha value is -2.14. The van der Waals surface area contributed by atoms with E-state index in [-0.39, 0.29) is 11.2 Å². The molecule has 5 heteroatoms. The number of nitrogens with one attached hydrogen (secondary N) is 1. The standard InChI is InChI=1S/C19H23NO3S/c1-14(16-7-5-4-6-8-16)24-13-19(21)20-12-15-9-10-17(22-2)18(11-15)23-3/h4-11,14H,12-13H2,1-3H3,(H,20,21)/t14-/m1/s1. The molecule has 1 amide bonds. The molecular weight excluding hydrogens is 322 g/mol. The zero-order valence-electron chi connectivity index (χ0n) is 14.2. The van der Waals surface area contributed by atoms with Crippen molar-refractivity contribution in [3.8, 4) is 11.5 Å². The molecular formula is C19H23NO3S. The van der Waals surface area contributed by atoms with Gasteiger partial charge in [-0.05, 0) is 30.2 Å². The van der Waals surface area contributed by atoms with E-state index in [1.165, 1.54) is 5.56 Å². The number of benzene rings is 2. The lowest BCUT2D eigenvalue weighted by molar-refractivity contribution is -0.118. The lowest BCUT2D eigenvalue weighted by Gasteiger charge is -2.12. The maximum atomic E-state index is 12.0. The second-order valence-electron chi connectivity index (χ2n) is 5.33. The van der Waals surface area contributed by atoms with Gasteiger partial charge < -0.3 is 14.8 Å². The maximum absolute atomic E-state index is 12.0. The van der Waals surface area contributed by atoms with Crippen molar-refractivity contribution in [3.63, 3.8) is 0 Å². The molecule has 0 bridgehead atoms. The average molecular weight is 345 g/mol. The number of ether oxygens (including phenoxy) is 2. The maximum Gasteiger partial charge on any atom is 0.230 e. The van der Waals surface area contributed by atoms with Gasteiger partial charge in [0.1, 0.15) is 0 Å². The predicted molar refractivity (Wildman–Crippen MR) is 98.7 cm³/mol. The predicted octanol–water partition coefficient (Wildman–Crippen LogP) is 3.81. The highest BCUT2D eigenvalue weighted by molar-refractivity contribution is 8.00. The van der Waals surface area contributed by atoms with E-state index >= 15 is 0 Å². The fraction of sp³-hybridized carbons (Fsp3) is 0.316. The molecule has 0 aromatic heterocycles. The highest BCUT2D eigenvalue weighted by atomic mass is 32.2. The smallest absolute Gasteiger partial charge is 0.230 e. The van der Waals surface area contributed by atoms with Crippen LogP contribution in [0.1, 0.15) is 23.3 Å². The first-order valence-corrected chi connectivity index (χ1v) is 8.83. The zero-order valence-corrected chi connectivity index (χ0v) is 15.1. The van der Waals surface area contributed by atoms with Crippen molar-refractivity contribution >= 4 is 17.7 Å². The molecule has 0 saturated carbocycles. The minimum absolute atomic E-state index is 0.0255. The van der Waals surface area contributed by atoms with Crippen molar-refractivity contribution in [2.75, 3.05) is 20.0 Å². The topological polar surface area (TPSA) is 47.6 Å². The fourth-order valence-electron chi connectivity index (χ4n) is 2.26. The van der Waals surface area contributed by atoms with Crippen LogP contribution in [0.4, 0.5) is 0 Å². The van der Waals surface area contributed by atoms with Crippen molar-refractivity contribution in [3.05, 3.63) is 59.7 Å². The Balaban J connectivity index is 1.81. The summed E-state index contributed by atoms with van der Waals surface area (Å²) in [6.45, 7) is 2.58. The summed E-state index contributed by atoms with van der Waals surface area (Å²) < 4.78 is 10.5. The minimum atomic E-state index is 0.0255. The molecule has 0 heterocycles. The van der Waals surface area contributed by atoms with Crippen LogP contribution >= 0.6 is 11.8 Å². The number of hydrogen-bond donors (Lipinski definition) is 1. The Bertz CT molecular complexity index is 661. The summed E-state index contributed by atoms with van der Waals surface area (Å²) in [6, 6.07) is 15.8. The molecule has 0 fully saturated rings. The van der Waals surface area contributed by atoms with Gasteiger partial charge in [0.05, 0.1) is 20.0 Å². The highest BCUT2D eigenvalue weighted by Gasteiger charge is 2.10. The molecule has 2 aromatic rings. The molecule has 4 nitrogen and oxygen atoms in total. The molecule has 0 unspecified atom stereocenters. The van der Waals surface area contributed by atoms with Gasteiger partial charge in [-0.2, -0.15) is 0 Å². The summed E-state index contributed by atoms with van der Waals surface area (Å²) in [5, 5.41) is 3.23. The first-order valence-electron chi connectivity index (χ1n) is 7.78. The third-order valence-corrected chi connectivity index (χ3v) is 4.87. The van der Waals surface area contributed by atoms with Crippen molar-refractivity contribution in [2.45, 2.75) is 18.7 Å². The molecule has 2 rings (SSSR count). The summed E-state index contributed by atoms with van der Waals surface area (Å²) >= 11 is 1.63. The van der Waals surface area contributed by atoms with Crippen molar-refractivity contribution in [1.29, 1.82) is 0 Å². The van der Waals surface area contributed by atoms with Crippen molar-refractivity contribution in [1.82, 2.24) is 5.32 Å². The number of carbonyl (C=O) groups excluding carboxylic acids is 1. The number of methoxy groups -OCH3 is 2. The fourth-order valence-corrected chi connectivity index (χ4v) is 3.12. The Kier molecular flexibility index (Phi) is 7.00. The summed E-state index contributed by atoms with van der Waals surface area (Å²) in [5.74, 6) is 1.80. The highest BCUT2D eigenvalue weighted by Crippen LogP contribution is 2.28. The molecule has 1 atom stereocenters. The van der Waals surface area contributed by atoms with Gasteiger partial charge in [0, 0.05) is 11.8 Å². The third-order valence-electron chi connectivity index (χ3n) is 3.67. The first-order chi connectivity index (χ1) is 11.6. The number of rotatable bonds is 8. The van der Waals surface area contributed by atoms with Gasteiger partial charge in [-0.3, -0.25) is 4.79 Å². The van der Waals surface area contributed by atoms with E-state index in [0.29, 0.717) is 23.8 Å². The van der Waals surface area contributed by atoms with Gasteiger partial charge in [0.15, 0.2) is 11.5 Å². The van der Waals surface area contributed by atoms with Crippen LogP contribution in [-0.4, -0.2) is 25.9 Å². The lowest BCUT2D eigenvalue weighted by atomic mass is 10.2. The van der Waals surface area contributed by atoms with Gasteiger partial charge in [0.2, 0.25) is 5.91 Å². The normalized spacial score (nSPS) is 11.6. The summed E-state index contributed by atoms with van der Waals surface area (Å²) in [7, 11) is 3.20. The molecule has 0 radical (unpaired) electrons. The van der Waals surface area contributed by atoms with Crippen LogP contribution in [0.2, 0.25) is 0 Å². The zero-order chi connectivity index (χ0) is 17.4. The van der Waals surface area contributed by atoms with Crippen LogP contribution in [0.15, 0.2) is 48.5 Å². The molecule has 0 aliphatic carbocycles. The Morgan fingerprint density at radius 3 is 2.46 bits per heavy atom. The van der Waals surface area contributed by atoms with E-state index in [4.69, 9.17) is 9.47 Å². The van der Waals surface area contributed by atoms with Crippen LogP contribution in [0.3, 0.4) is 0 Å². The molecule has 128 valence electrons. The number of hydrogen-bond acceptors (Lipinski definition) is 4. The van der Waals surface area contributed by atoms with E-state index in [2.05, 4.69) is 24.4 Å². The first kappa shape index (κ1) is 18.2. The molecule has 1 N–H and O–H groups in total. The quantitative estimate of drug-likeness (QED) is 0.790. The third kappa shape index (κ3) is 5.20. The second kappa shape index (κ2) is 9.23. The number of carbonyl (C=O) groups is 1. The van der Waals surface area contributed by atoms with Gasteiger partial charge >= 0.3 is 0 Å². The number of amides is 1. The van der Waals surface area contributed by atoms with E-state index in [0.717, 1.165) is 5.56 Å². The molecule has 2 aromatic carbocycles. The second-order valence-corrected chi connectivity index (χ2v) is 6.66. The Labute approximate surface area is 147 Å². The minimum Gasteiger partial charge on any atom is -0.493 e. The van der Waals surface area contributed by atoms with E-state index in [1.54, 1.807) is 26.0 Å². The molecule has 0 aliphatic rings.